The van der Waals surface area contributed by atoms with E-state index in [9.17, 15) is 9.59 Å². The minimum absolute atomic E-state index is 0.233. The van der Waals surface area contributed by atoms with Gasteiger partial charge in [0.2, 0.25) is 0 Å². The van der Waals surface area contributed by atoms with Gasteiger partial charge in [-0.3, -0.25) is 14.3 Å². The maximum absolute atomic E-state index is 13.7. The van der Waals surface area contributed by atoms with Crippen LogP contribution in [0.4, 0.5) is 5.82 Å². The predicted octanol–water partition coefficient (Wildman–Crippen LogP) is 5.29. The number of aromatic nitrogens is 2. The van der Waals surface area contributed by atoms with E-state index in [1.54, 1.807) is 0 Å². The van der Waals surface area contributed by atoms with Crippen LogP contribution < -0.4 is 16.1 Å². The van der Waals surface area contributed by atoms with Gasteiger partial charge in [-0.25, -0.2) is 4.79 Å². The Hall–Kier alpha value is -3.57. The highest BCUT2D eigenvalue weighted by Crippen LogP contribution is 2.27. The average Bonchev–Trinajstić information content (AvgIpc) is 2.90. The Morgan fingerprint density at radius 1 is 0.806 bits per heavy atom. The van der Waals surface area contributed by atoms with E-state index >= 15 is 0 Å². The lowest BCUT2D eigenvalue weighted by molar-refractivity contribution is 0.401. The smallest absolute Gasteiger partial charge is 0.330 e. The summed E-state index contributed by atoms with van der Waals surface area (Å²) in [7, 11) is 0. The number of nitrogens with zero attached hydrogens (tertiary/aromatic N) is 2. The summed E-state index contributed by atoms with van der Waals surface area (Å²) in [4.78, 5) is 32.1. The molecule has 36 heavy (non-hydrogen) atoms. The Kier molecular flexibility index (Phi) is 7.38. The normalized spacial score (nSPS) is 14.2. The quantitative estimate of drug-likeness (QED) is 0.376. The Labute approximate surface area is 216 Å². The number of piperidine rings is 1. The van der Waals surface area contributed by atoms with Gasteiger partial charge < -0.3 is 4.90 Å². The van der Waals surface area contributed by atoms with Crippen LogP contribution in [0, 0.1) is 5.92 Å². The van der Waals surface area contributed by atoms with Crippen LogP contribution in [0.25, 0.3) is 0 Å². The fourth-order valence-corrected chi connectivity index (χ4v) is 5.31. The summed E-state index contributed by atoms with van der Waals surface area (Å²) in [6, 6.07) is 27.7. The molecule has 0 unspecified atom stereocenters. The molecule has 0 spiro atoms. The van der Waals surface area contributed by atoms with Crippen LogP contribution in [-0.4, -0.2) is 22.6 Å². The SMILES string of the molecule is O=c1[nH]c(N2CCC(Cc3ccccc3)CC2)c(Cc2cccc(Cl)c2)c(=O)n1Cc1ccccc1. The molecule has 184 valence electrons. The zero-order valence-corrected chi connectivity index (χ0v) is 21.0. The summed E-state index contributed by atoms with van der Waals surface area (Å²) in [5.41, 5.74) is 3.19. The second kappa shape index (κ2) is 11.0. The summed E-state index contributed by atoms with van der Waals surface area (Å²) >= 11 is 6.23. The van der Waals surface area contributed by atoms with Gasteiger partial charge in [0.25, 0.3) is 5.56 Å². The van der Waals surface area contributed by atoms with Crippen molar-refractivity contribution in [1.82, 2.24) is 9.55 Å². The number of nitrogens with one attached hydrogen (secondary N) is 1. The van der Waals surface area contributed by atoms with Gasteiger partial charge in [-0.05, 0) is 54.0 Å². The van der Waals surface area contributed by atoms with Crippen molar-refractivity contribution < 1.29 is 0 Å². The van der Waals surface area contributed by atoms with Crippen LogP contribution in [-0.2, 0) is 19.4 Å². The molecule has 6 heteroatoms. The number of benzene rings is 3. The molecule has 1 saturated heterocycles. The summed E-state index contributed by atoms with van der Waals surface area (Å²) in [6.07, 6.45) is 3.49. The number of hydrogen-bond acceptors (Lipinski definition) is 3. The Bertz CT molecular complexity index is 1420. The minimum Gasteiger partial charge on any atom is -0.358 e. The van der Waals surface area contributed by atoms with Crippen molar-refractivity contribution in [2.24, 2.45) is 5.92 Å². The zero-order valence-electron chi connectivity index (χ0n) is 20.2. The second-order valence-electron chi connectivity index (χ2n) is 9.56. The van der Waals surface area contributed by atoms with Crippen LogP contribution >= 0.6 is 11.6 Å². The van der Waals surface area contributed by atoms with Crippen LogP contribution in [0.5, 0.6) is 0 Å². The number of halogens is 1. The van der Waals surface area contributed by atoms with Crippen LogP contribution in [0.1, 0.15) is 35.1 Å². The van der Waals surface area contributed by atoms with E-state index < -0.39 is 0 Å². The molecule has 0 saturated carbocycles. The third-order valence-electron chi connectivity index (χ3n) is 7.01. The van der Waals surface area contributed by atoms with Crippen LogP contribution in [0.3, 0.4) is 0 Å². The van der Waals surface area contributed by atoms with Gasteiger partial charge in [0.1, 0.15) is 5.82 Å². The fourth-order valence-electron chi connectivity index (χ4n) is 5.10. The Balaban J connectivity index is 1.45. The highest BCUT2D eigenvalue weighted by atomic mass is 35.5. The molecule has 5 rings (SSSR count). The van der Waals surface area contributed by atoms with E-state index in [0.29, 0.717) is 28.7 Å². The highest BCUT2D eigenvalue weighted by molar-refractivity contribution is 6.30. The first-order valence-electron chi connectivity index (χ1n) is 12.5. The average molecular weight is 500 g/mol. The fraction of sp³-hybridized carbons (Fsp3) is 0.267. The first kappa shape index (κ1) is 24.1. The van der Waals surface area contributed by atoms with E-state index in [0.717, 1.165) is 43.5 Å². The maximum Gasteiger partial charge on any atom is 0.330 e. The molecular formula is C30H30ClN3O2. The molecule has 0 amide bonds. The monoisotopic (exact) mass is 499 g/mol. The Morgan fingerprint density at radius 2 is 1.44 bits per heavy atom. The van der Waals surface area contributed by atoms with Gasteiger partial charge in [0, 0.05) is 24.5 Å². The summed E-state index contributed by atoms with van der Waals surface area (Å²) < 4.78 is 1.31. The van der Waals surface area contributed by atoms with Gasteiger partial charge in [-0.2, -0.15) is 0 Å². The van der Waals surface area contributed by atoms with E-state index in [4.69, 9.17) is 11.6 Å². The minimum atomic E-state index is -0.375. The van der Waals surface area contributed by atoms with Crippen molar-refractivity contribution in [3.63, 3.8) is 0 Å². The van der Waals surface area contributed by atoms with E-state index in [1.165, 1.54) is 10.1 Å². The molecule has 5 nitrogen and oxygen atoms in total. The molecular weight excluding hydrogens is 470 g/mol. The van der Waals surface area contributed by atoms with E-state index in [1.807, 2.05) is 60.7 Å². The van der Waals surface area contributed by atoms with Gasteiger partial charge in [0.15, 0.2) is 0 Å². The number of anilines is 1. The van der Waals surface area contributed by atoms with Crippen LogP contribution in [0.15, 0.2) is 94.5 Å². The molecule has 1 N–H and O–H groups in total. The molecule has 0 atom stereocenters. The molecule has 1 fully saturated rings. The third kappa shape index (κ3) is 5.63. The van der Waals surface area contributed by atoms with Crippen LogP contribution in [0.2, 0.25) is 5.02 Å². The number of aromatic amines is 1. The van der Waals surface area contributed by atoms with Gasteiger partial charge in [-0.15, -0.1) is 0 Å². The van der Waals surface area contributed by atoms with Crippen molar-refractivity contribution in [3.8, 4) is 0 Å². The maximum atomic E-state index is 13.7. The van der Waals surface area contributed by atoms with Crippen molar-refractivity contribution in [1.29, 1.82) is 0 Å². The topological polar surface area (TPSA) is 58.1 Å². The summed E-state index contributed by atoms with van der Waals surface area (Å²) in [5.74, 6) is 1.23. The zero-order chi connectivity index (χ0) is 24.9. The highest BCUT2D eigenvalue weighted by Gasteiger charge is 2.25. The van der Waals surface area contributed by atoms with E-state index in [2.05, 4.69) is 34.1 Å². The van der Waals surface area contributed by atoms with Gasteiger partial charge in [0.05, 0.1) is 12.1 Å². The van der Waals surface area contributed by atoms with Crippen molar-refractivity contribution >= 4 is 17.4 Å². The first-order valence-corrected chi connectivity index (χ1v) is 12.9. The molecule has 0 radical (unpaired) electrons. The standard InChI is InChI=1S/C30H30ClN3O2/c31-26-13-7-12-25(19-26)20-27-28(32-30(36)34(29(27)35)21-24-10-5-2-6-11-24)33-16-14-23(15-17-33)18-22-8-3-1-4-9-22/h1-13,19,23H,14-18,20-21H2,(H,32,36). The van der Waals surface area contributed by atoms with Crippen molar-refractivity contribution in [2.75, 3.05) is 18.0 Å². The van der Waals surface area contributed by atoms with E-state index in [-0.39, 0.29) is 17.8 Å². The molecule has 0 aliphatic carbocycles. The van der Waals surface area contributed by atoms with Crippen molar-refractivity contribution in [3.05, 3.63) is 133 Å². The van der Waals surface area contributed by atoms with Crippen molar-refractivity contribution in [2.45, 2.75) is 32.2 Å². The lowest BCUT2D eigenvalue weighted by Crippen LogP contribution is -2.43. The Morgan fingerprint density at radius 3 is 2.11 bits per heavy atom. The third-order valence-corrected chi connectivity index (χ3v) is 7.25. The molecule has 3 aromatic carbocycles. The largest absolute Gasteiger partial charge is 0.358 e. The molecule has 2 heterocycles. The second-order valence-corrected chi connectivity index (χ2v) is 10.00. The predicted molar refractivity (Wildman–Crippen MR) is 146 cm³/mol. The molecule has 0 bridgehead atoms. The lowest BCUT2D eigenvalue weighted by atomic mass is 9.90. The molecule has 1 aromatic heterocycles. The summed E-state index contributed by atoms with van der Waals surface area (Å²) in [5, 5.41) is 0.629. The van der Waals surface area contributed by atoms with Gasteiger partial charge >= 0.3 is 5.69 Å². The molecule has 4 aromatic rings. The first-order chi connectivity index (χ1) is 17.6. The lowest BCUT2D eigenvalue weighted by Gasteiger charge is -2.34. The number of H-pyrrole nitrogens is 1. The van der Waals surface area contributed by atoms with Gasteiger partial charge in [-0.1, -0.05) is 84.4 Å². The number of rotatable bonds is 7. The number of hydrogen-bond donors (Lipinski definition) is 1. The molecule has 1 aliphatic rings. The summed E-state index contributed by atoms with van der Waals surface area (Å²) in [6.45, 7) is 1.84. The molecule has 1 aliphatic heterocycles.